The first-order chi connectivity index (χ1) is 9.58. The molecule has 1 aliphatic heterocycles. The summed E-state index contributed by atoms with van der Waals surface area (Å²) in [4.78, 5) is 8.79. The monoisotopic (exact) mass is 287 g/mol. The maximum atomic E-state index is 10.2. The Bertz CT molecular complexity index is 784. The zero-order valence-electron chi connectivity index (χ0n) is 11.1. The lowest BCUT2D eigenvalue weighted by molar-refractivity contribution is 0.397. The molecule has 0 spiro atoms. The van der Waals surface area contributed by atoms with Gasteiger partial charge in [0.05, 0.1) is 11.4 Å². The molecule has 0 saturated carbocycles. The van der Waals surface area contributed by atoms with Crippen molar-refractivity contribution in [3.8, 4) is 5.88 Å². The molecule has 2 aromatic rings. The molecular weight excluding hydrogens is 274 g/mol. The Morgan fingerprint density at radius 3 is 2.95 bits per heavy atom. The van der Waals surface area contributed by atoms with Gasteiger partial charge in [-0.1, -0.05) is 0 Å². The summed E-state index contributed by atoms with van der Waals surface area (Å²) in [6.45, 7) is 3.85. The van der Waals surface area contributed by atoms with Gasteiger partial charge in [-0.05, 0) is 44.3 Å². The third kappa shape index (κ3) is 1.98. The summed E-state index contributed by atoms with van der Waals surface area (Å²) in [5.74, 6) is 0.346. The number of fused-ring (bicyclic) bond motifs is 1. The third-order valence-electron chi connectivity index (χ3n) is 3.05. The summed E-state index contributed by atoms with van der Waals surface area (Å²) in [5, 5.41) is 10.2. The molecule has 0 saturated heterocycles. The topological polar surface area (TPSA) is 63.5 Å². The highest BCUT2D eigenvalue weighted by Crippen LogP contribution is 2.33. The summed E-state index contributed by atoms with van der Waals surface area (Å²) in [6, 6.07) is 3.74. The van der Waals surface area contributed by atoms with Gasteiger partial charge in [0, 0.05) is 24.0 Å². The fraction of sp³-hybridized carbons (Fsp3) is 0.214. The van der Waals surface area contributed by atoms with E-state index in [0.717, 1.165) is 17.0 Å². The summed E-state index contributed by atoms with van der Waals surface area (Å²) >= 11 is 5.11. The molecule has 0 unspecified atom stereocenters. The van der Waals surface area contributed by atoms with Crippen LogP contribution in [0.1, 0.15) is 31.3 Å². The average Bonchev–Trinajstić information content (AvgIpc) is 2.93. The number of hydrogen-bond acceptors (Lipinski definition) is 5. The Balaban J connectivity index is 2.10. The van der Waals surface area contributed by atoms with Crippen LogP contribution in [0.3, 0.4) is 0 Å². The molecule has 102 valence electrons. The first-order valence-electron chi connectivity index (χ1n) is 6.23. The minimum atomic E-state index is 0.0234. The predicted octanol–water partition coefficient (Wildman–Crippen LogP) is 3.75. The van der Waals surface area contributed by atoms with E-state index < -0.39 is 0 Å². The minimum absolute atomic E-state index is 0.0234. The lowest BCUT2D eigenvalue weighted by Gasteiger charge is -2.05. The highest BCUT2D eigenvalue weighted by Gasteiger charge is 2.18. The first-order valence-corrected chi connectivity index (χ1v) is 6.64. The second-order valence-corrected chi connectivity index (χ2v) is 5.10. The van der Waals surface area contributed by atoms with Crippen LogP contribution in [-0.4, -0.2) is 20.9 Å². The van der Waals surface area contributed by atoms with E-state index in [4.69, 9.17) is 16.6 Å². The molecule has 1 N–H and O–H groups in total. The van der Waals surface area contributed by atoms with Crippen LogP contribution in [0, 0.1) is 4.84 Å². The molecule has 5 nitrogen and oxygen atoms in total. The summed E-state index contributed by atoms with van der Waals surface area (Å²) < 4.78 is 7.01. The highest BCUT2D eigenvalue weighted by atomic mass is 32.1. The van der Waals surface area contributed by atoms with Crippen LogP contribution < -0.4 is 0 Å². The van der Waals surface area contributed by atoms with Crippen molar-refractivity contribution >= 4 is 35.8 Å². The van der Waals surface area contributed by atoms with Gasteiger partial charge in [0.2, 0.25) is 5.88 Å². The Labute approximate surface area is 120 Å². The Kier molecular flexibility index (Phi) is 3.02. The van der Waals surface area contributed by atoms with Gasteiger partial charge >= 0.3 is 0 Å². The number of pyridine rings is 1. The molecular formula is C14H13N3O2S. The van der Waals surface area contributed by atoms with Gasteiger partial charge in [-0.3, -0.25) is 14.5 Å². The van der Waals surface area contributed by atoms with Gasteiger partial charge in [0.15, 0.2) is 5.76 Å². The molecule has 3 heterocycles. The van der Waals surface area contributed by atoms with Crippen LogP contribution in [0.2, 0.25) is 0 Å². The molecule has 6 heteroatoms. The molecule has 0 fully saturated rings. The van der Waals surface area contributed by atoms with E-state index in [1.165, 1.54) is 0 Å². The molecule has 20 heavy (non-hydrogen) atoms. The van der Waals surface area contributed by atoms with Gasteiger partial charge in [-0.15, -0.1) is 0 Å². The van der Waals surface area contributed by atoms with E-state index in [9.17, 15) is 5.11 Å². The lowest BCUT2D eigenvalue weighted by atomic mass is 10.1. The standard InChI is InChI=1S/C14H13N3O2S/c1-8(2)17-13(18)11(19-14(17)20)6-9-7-16-10-4-3-5-15-12(9)10/h3-8,18H,1-2H3. The number of aliphatic imine (C=N–C) groups is 1. The Hall–Kier alpha value is -2.21. The second kappa shape index (κ2) is 4.72. The fourth-order valence-corrected chi connectivity index (χ4v) is 2.50. The molecule has 0 atom stereocenters. The largest absolute Gasteiger partial charge is 0.492 e. The smallest absolute Gasteiger partial charge is 0.272 e. The minimum Gasteiger partial charge on any atom is -0.492 e. The van der Waals surface area contributed by atoms with E-state index in [1.54, 1.807) is 23.1 Å². The van der Waals surface area contributed by atoms with Crippen molar-refractivity contribution in [2.75, 3.05) is 0 Å². The molecule has 0 aromatic carbocycles. The SMILES string of the molecule is CC(C)n1c(O)c(C=C2C=Nc3cccnc32)oc1=S. The zero-order valence-corrected chi connectivity index (χ0v) is 11.9. The van der Waals surface area contributed by atoms with E-state index in [0.29, 0.717) is 5.76 Å². The van der Waals surface area contributed by atoms with Gasteiger partial charge in [-0.2, -0.15) is 0 Å². The van der Waals surface area contributed by atoms with Crippen LogP contribution in [-0.2, 0) is 0 Å². The molecule has 2 aromatic heterocycles. The molecule has 0 aliphatic carbocycles. The quantitative estimate of drug-likeness (QED) is 0.854. The fourth-order valence-electron chi connectivity index (χ4n) is 2.11. The van der Waals surface area contributed by atoms with Crippen molar-refractivity contribution in [1.29, 1.82) is 0 Å². The Morgan fingerprint density at radius 2 is 2.25 bits per heavy atom. The molecule has 0 radical (unpaired) electrons. The zero-order chi connectivity index (χ0) is 14.3. The summed E-state index contributed by atoms with van der Waals surface area (Å²) in [5.41, 5.74) is 2.36. The van der Waals surface area contributed by atoms with Crippen molar-refractivity contribution in [2.45, 2.75) is 19.9 Å². The number of rotatable bonds is 2. The van der Waals surface area contributed by atoms with E-state index in [1.807, 2.05) is 26.0 Å². The van der Waals surface area contributed by atoms with Gasteiger partial charge in [0.25, 0.3) is 4.84 Å². The normalized spacial score (nSPS) is 15.2. The lowest BCUT2D eigenvalue weighted by Crippen LogP contribution is -1.99. The van der Waals surface area contributed by atoms with Crippen LogP contribution in [0.15, 0.2) is 27.7 Å². The third-order valence-corrected chi connectivity index (χ3v) is 3.33. The molecule has 0 amide bonds. The van der Waals surface area contributed by atoms with Crippen molar-refractivity contribution in [2.24, 2.45) is 4.99 Å². The molecule has 0 bridgehead atoms. The van der Waals surface area contributed by atoms with E-state index in [-0.39, 0.29) is 16.8 Å². The van der Waals surface area contributed by atoms with E-state index in [2.05, 4.69) is 9.98 Å². The van der Waals surface area contributed by atoms with Crippen molar-refractivity contribution in [3.05, 3.63) is 34.6 Å². The number of aromatic hydroxyl groups is 1. The summed E-state index contributed by atoms with van der Waals surface area (Å²) in [7, 11) is 0. The van der Waals surface area contributed by atoms with Crippen LogP contribution >= 0.6 is 12.2 Å². The van der Waals surface area contributed by atoms with Crippen molar-refractivity contribution in [1.82, 2.24) is 9.55 Å². The summed E-state index contributed by atoms with van der Waals surface area (Å²) in [6.07, 6.45) is 5.10. The second-order valence-electron chi connectivity index (χ2n) is 4.75. The van der Waals surface area contributed by atoms with Gasteiger partial charge < -0.3 is 9.52 Å². The number of hydrogen-bond donors (Lipinski definition) is 1. The van der Waals surface area contributed by atoms with Crippen LogP contribution in [0.4, 0.5) is 5.69 Å². The molecule has 1 aliphatic rings. The number of oxazole rings is 1. The number of aromatic nitrogens is 2. The highest BCUT2D eigenvalue weighted by molar-refractivity contribution is 7.71. The number of allylic oxidation sites excluding steroid dienone is 1. The predicted molar refractivity (Wildman–Crippen MR) is 79.8 cm³/mol. The van der Waals surface area contributed by atoms with Gasteiger partial charge in [-0.25, -0.2) is 0 Å². The molecule has 3 rings (SSSR count). The first kappa shape index (κ1) is 12.8. The number of nitrogens with zero attached hydrogens (tertiary/aromatic N) is 3. The van der Waals surface area contributed by atoms with Crippen LogP contribution in [0.25, 0.3) is 11.6 Å². The van der Waals surface area contributed by atoms with Crippen LogP contribution in [0.5, 0.6) is 5.88 Å². The maximum Gasteiger partial charge on any atom is 0.272 e. The van der Waals surface area contributed by atoms with Crippen molar-refractivity contribution in [3.63, 3.8) is 0 Å². The van der Waals surface area contributed by atoms with E-state index >= 15 is 0 Å². The average molecular weight is 287 g/mol. The van der Waals surface area contributed by atoms with Gasteiger partial charge in [0.1, 0.15) is 0 Å². The van der Waals surface area contributed by atoms with Crippen molar-refractivity contribution < 1.29 is 9.52 Å². The maximum absolute atomic E-state index is 10.2. The Morgan fingerprint density at radius 1 is 1.45 bits per heavy atom.